The molecule has 3 aliphatic rings. The number of anilines is 6. The summed E-state index contributed by atoms with van der Waals surface area (Å²) in [6.45, 7) is 0. The number of phenolic OH excluding ortho intramolecular Hbond substituents is 3. The van der Waals surface area contributed by atoms with E-state index in [0.29, 0.717) is 0 Å². The van der Waals surface area contributed by atoms with E-state index >= 15 is 0 Å². The fourth-order valence-corrected chi connectivity index (χ4v) is 13.0. The van der Waals surface area contributed by atoms with E-state index in [0.717, 1.165) is 67.5 Å². The van der Waals surface area contributed by atoms with Gasteiger partial charge in [0, 0.05) is 105 Å². The number of hydrogen-bond acceptors (Lipinski definition) is 9. The number of para-hydroxylation sites is 9. The van der Waals surface area contributed by atoms with E-state index in [9.17, 15) is 15.3 Å². The van der Waals surface area contributed by atoms with Crippen LogP contribution in [-0.2, 0) is 17.0 Å². The van der Waals surface area contributed by atoms with Crippen molar-refractivity contribution in [3.05, 3.63) is 416 Å². The van der Waals surface area contributed by atoms with E-state index in [2.05, 4.69) is 176 Å². The van der Waals surface area contributed by atoms with Gasteiger partial charge in [-0.25, -0.2) is 0 Å². The van der Waals surface area contributed by atoms with Crippen molar-refractivity contribution in [3.8, 4) is 17.2 Å². The molecule has 438 valence electrons. The predicted molar refractivity (Wildman–Crippen MR) is 373 cm³/mol. The fourth-order valence-electron chi connectivity index (χ4n) is 13.0. The van der Waals surface area contributed by atoms with Crippen LogP contribution in [0.1, 0.15) is 33.4 Å². The van der Waals surface area contributed by atoms with Crippen molar-refractivity contribution in [1.29, 1.82) is 0 Å². The number of nitrogens with zero attached hydrogens (tertiary/aromatic N) is 6. The zero-order valence-electron chi connectivity index (χ0n) is 50.0. The van der Waals surface area contributed by atoms with Crippen molar-refractivity contribution in [2.75, 3.05) is 29.4 Å². The Morgan fingerprint density at radius 2 is 0.319 bits per heavy atom. The van der Waals surface area contributed by atoms with Crippen LogP contribution in [0.3, 0.4) is 0 Å². The molecule has 3 N–H and O–H groups in total. The van der Waals surface area contributed by atoms with Gasteiger partial charge >= 0.3 is 17.4 Å². The van der Waals surface area contributed by atoms with Gasteiger partial charge in [0.05, 0.1) is 0 Å². The standard InChI is InChI=1S/3C27H22N2O.Al/c3*30-26-19-11-10-18-25(26)27(22-12-4-1-5-13-22)28(23-14-6-2-7-15-23)20-21-29(27)24-16-8-3-9-17-24;/h3*1-21,30H;/q;;;+3. The molecule has 0 saturated heterocycles. The first-order chi connectivity index (χ1) is 44.4. The first kappa shape index (κ1) is 59.9. The van der Waals surface area contributed by atoms with E-state index in [1.54, 1.807) is 18.2 Å². The smallest absolute Gasteiger partial charge is 0.507 e. The van der Waals surface area contributed by atoms with Crippen LogP contribution in [0.2, 0.25) is 0 Å². The molecule has 0 aliphatic carbocycles. The SMILES string of the molecule is Oc1ccccc1C1(c2ccccc2)N(c2ccccc2)C=CN1c1ccccc1.Oc1ccccc1C1(c2ccccc2)N(c2ccccc2)C=CN1c1ccccc1.Oc1ccccc1C1(c2ccccc2)N(c2ccccc2)C=CN1c1ccccc1.[Al+3]. The molecule has 15 rings (SSSR count). The molecule has 0 spiro atoms. The second-order valence-electron chi connectivity index (χ2n) is 21.8. The second-order valence-corrected chi connectivity index (χ2v) is 21.8. The molecule has 91 heavy (non-hydrogen) atoms. The average Bonchev–Trinajstić information content (AvgIpc) is 1.76. The van der Waals surface area contributed by atoms with Gasteiger partial charge in [0.15, 0.2) is 17.0 Å². The van der Waals surface area contributed by atoms with Crippen molar-refractivity contribution >= 4 is 51.5 Å². The minimum Gasteiger partial charge on any atom is -0.507 e. The summed E-state index contributed by atoms with van der Waals surface area (Å²) in [6.07, 6.45) is 12.5. The van der Waals surface area contributed by atoms with Gasteiger partial charge in [-0.15, -0.1) is 0 Å². The van der Waals surface area contributed by atoms with E-state index in [-0.39, 0.29) is 34.6 Å². The van der Waals surface area contributed by atoms with Crippen LogP contribution in [0, 0.1) is 0 Å². The average molecular weight is 1200 g/mol. The van der Waals surface area contributed by atoms with Crippen molar-refractivity contribution in [2.45, 2.75) is 17.0 Å². The Kier molecular flexibility index (Phi) is 17.7. The Morgan fingerprint density at radius 1 is 0.176 bits per heavy atom. The summed E-state index contributed by atoms with van der Waals surface area (Å²) in [4.78, 5) is 13.4. The van der Waals surface area contributed by atoms with Crippen LogP contribution in [0.15, 0.2) is 383 Å². The summed E-state index contributed by atoms with van der Waals surface area (Å²) in [5.74, 6) is 0.769. The number of rotatable bonds is 12. The Morgan fingerprint density at radius 3 is 0.484 bits per heavy atom. The van der Waals surface area contributed by atoms with Gasteiger partial charge in [-0.2, -0.15) is 0 Å². The Hall–Kier alpha value is -11.4. The fraction of sp³-hybridized carbons (Fsp3) is 0.0370. The van der Waals surface area contributed by atoms with Gasteiger partial charge in [-0.05, 0) is 91.0 Å². The van der Waals surface area contributed by atoms with Crippen molar-refractivity contribution in [2.24, 2.45) is 0 Å². The predicted octanol–water partition coefficient (Wildman–Crippen LogP) is 17.9. The molecule has 10 heteroatoms. The molecule has 0 fully saturated rings. The first-order valence-electron chi connectivity index (χ1n) is 30.1. The Balaban J connectivity index is 0.000000131. The van der Waals surface area contributed by atoms with Crippen molar-refractivity contribution in [1.82, 2.24) is 0 Å². The zero-order chi connectivity index (χ0) is 61.2. The molecule has 0 amide bonds. The number of phenols is 3. The van der Waals surface area contributed by atoms with Crippen molar-refractivity contribution < 1.29 is 15.3 Å². The molecule has 0 unspecified atom stereocenters. The normalized spacial score (nSPS) is 14.6. The number of hydrogen-bond donors (Lipinski definition) is 3. The number of benzene rings is 12. The van der Waals surface area contributed by atoms with Crippen LogP contribution in [0.4, 0.5) is 34.1 Å². The molecule has 0 atom stereocenters. The third-order valence-corrected chi connectivity index (χ3v) is 16.8. The molecular formula is C81H66AlN6O3+3. The van der Waals surface area contributed by atoms with Crippen LogP contribution in [-0.4, -0.2) is 32.7 Å². The Labute approximate surface area is 543 Å². The van der Waals surface area contributed by atoms with Crippen molar-refractivity contribution in [3.63, 3.8) is 0 Å². The van der Waals surface area contributed by atoms with Crippen LogP contribution in [0.5, 0.6) is 17.2 Å². The third-order valence-electron chi connectivity index (χ3n) is 16.8. The molecule has 0 saturated carbocycles. The van der Waals surface area contributed by atoms with Crippen LogP contribution >= 0.6 is 0 Å². The maximum absolute atomic E-state index is 11.0. The van der Waals surface area contributed by atoms with E-state index in [1.165, 1.54) is 0 Å². The van der Waals surface area contributed by atoms with Crippen LogP contribution in [0.25, 0.3) is 0 Å². The van der Waals surface area contributed by atoms with E-state index < -0.39 is 17.0 Å². The van der Waals surface area contributed by atoms with E-state index in [1.807, 2.05) is 218 Å². The quantitative estimate of drug-likeness (QED) is 0.104. The molecule has 3 aliphatic heterocycles. The van der Waals surface area contributed by atoms with Crippen LogP contribution < -0.4 is 29.4 Å². The molecule has 3 heterocycles. The maximum Gasteiger partial charge on any atom is 3.00 e. The largest absolute Gasteiger partial charge is 3.00 e. The van der Waals surface area contributed by atoms with Gasteiger partial charge in [0.1, 0.15) is 17.2 Å². The summed E-state index contributed by atoms with van der Waals surface area (Å²) in [5.41, 5.74) is 9.52. The molecule has 0 aromatic heterocycles. The summed E-state index contributed by atoms with van der Waals surface area (Å²) in [5, 5.41) is 33.1. The first-order valence-corrected chi connectivity index (χ1v) is 30.1. The zero-order valence-corrected chi connectivity index (χ0v) is 51.1. The monoisotopic (exact) mass is 1200 g/mol. The minimum absolute atomic E-state index is 0. The third kappa shape index (κ3) is 11.0. The van der Waals surface area contributed by atoms with Gasteiger partial charge in [0.25, 0.3) is 0 Å². The molecule has 12 aromatic rings. The van der Waals surface area contributed by atoms with Gasteiger partial charge in [-0.3, -0.25) is 0 Å². The molecule has 0 bridgehead atoms. The minimum atomic E-state index is -0.782. The van der Waals surface area contributed by atoms with Gasteiger partial charge in [-0.1, -0.05) is 255 Å². The number of aromatic hydroxyl groups is 3. The van der Waals surface area contributed by atoms with E-state index in [4.69, 9.17) is 0 Å². The molecule has 9 nitrogen and oxygen atoms in total. The second kappa shape index (κ2) is 26.9. The molecule has 0 radical (unpaired) electrons. The molecular weight excluding hydrogens is 1130 g/mol. The maximum atomic E-state index is 11.0. The summed E-state index contributed by atoms with van der Waals surface area (Å²) in [6, 6.07) is 115. The summed E-state index contributed by atoms with van der Waals surface area (Å²) in [7, 11) is 0. The summed E-state index contributed by atoms with van der Waals surface area (Å²) >= 11 is 0. The topological polar surface area (TPSA) is 80.1 Å². The Bertz CT molecular complexity index is 3780. The van der Waals surface area contributed by atoms with Gasteiger partial charge in [0.2, 0.25) is 0 Å². The molecule has 12 aromatic carbocycles. The van der Waals surface area contributed by atoms with Gasteiger partial charge < -0.3 is 44.7 Å². The summed E-state index contributed by atoms with van der Waals surface area (Å²) < 4.78 is 0.